The maximum Gasteiger partial charge on any atom is 0.326 e. The fourth-order valence-electron chi connectivity index (χ4n) is 1.66. The summed E-state index contributed by atoms with van der Waals surface area (Å²) in [6.45, 7) is 3.09. The van der Waals surface area contributed by atoms with Gasteiger partial charge in [-0.15, -0.1) is 0 Å². The van der Waals surface area contributed by atoms with Gasteiger partial charge in [-0.2, -0.15) is 0 Å². The van der Waals surface area contributed by atoms with E-state index in [4.69, 9.17) is 9.84 Å². The molecule has 1 rings (SSSR count). The second-order valence-electron chi connectivity index (χ2n) is 4.36. The Morgan fingerprint density at radius 2 is 1.95 bits per heavy atom. The molecule has 0 aliphatic rings. The number of nitrogens with one attached hydrogen (secondary N) is 2. The molecular weight excluding hydrogens is 276 g/mol. The number of carboxylic acid groups (broad SMARTS) is 1. The van der Waals surface area contributed by atoms with Crippen LogP contribution in [0.3, 0.4) is 0 Å². The standard InChI is InChI=1S/C14H20N2O5/c1-2-21-8-7-15-14(20)16-12(13(18)19)9-10-3-5-11(17)6-4-10/h3-6,12,17H,2,7-9H2,1H3,(H,18,19)(H2,15,16,20). The molecule has 0 spiro atoms. The summed E-state index contributed by atoms with van der Waals surface area (Å²) in [4.78, 5) is 22.8. The highest BCUT2D eigenvalue weighted by Crippen LogP contribution is 2.11. The molecule has 0 aromatic heterocycles. The Hall–Kier alpha value is -2.28. The molecule has 4 N–H and O–H groups in total. The molecule has 0 bridgehead atoms. The quantitative estimate of drug-likeness (QED) is 0.529. The molecule has 21 heavy (non-hydrogen) atoms. The van der Waals surface area contributed by atoms with Gasteiger partial charge in [-0.25, -0.2) is 9.59 Å². The molecule has 116 valence electrons. The van der Waals surface area contributed by atoms with Crippen molar-refractivity contribution >= 4 is 12.0 Å². The van der Waals surface area contributed by atoms with Crippen LogP contribution in [0.15, 0.2) is 24.3 Å². The SMILES string of the molecule is CCOCCNC(=O)NC(Cc1ccc(O)cc1)C(=O)O. The van der Waals surface area contributed by atoms with Crippen LogP contribution in [0.5, 0.6) is 5.75 Å². The van der Waals surface area contributed by atoms with E-state index in [1.165, 1.54) is 12.1 Å². The van der Waals surface area contributed by atoms with Crippen molar-refractivity contribution < 1.29 is 24.5 Å². The predicted molar refractivity (Wildman–Crippen MR) is 76.3 cm³/mol. The summed E-state index contributed by atoms with van der Waals surface area (Å²) in [5, 5.41) is 23.2. The third-order valence-electron chi connectivity index (χ3n) is 2.72. The molecule has 0 aliphatic carbocycles. The molecule has 2 amide bonds. The summed E-state index contributed by atoms with van der Waals surface area (Å²) < 4.78 is 5.06. The van der Waals surface area contributed by atoms with Crippen LogP contribution in [0.4, 0.5) is 4.79 Å². The zero-order valence-electron chi connectivity index (χ0n) is 11.8. The average molecular weight is 296 g/mol. The summed E-state index contributed by atoms with van der Waals surface area (Å²) in [6.07, 6.45) is 0.133. The van der Waals surface area contributed by atoms with E-state index in [-0.39, 0.29) is 12.2 Å². The van der Waals surface area contributed by atoms with Crippen molar-refractivity contribution in [3.8, 4) is 5.75 Å². The number of urea groups is 1. The molecule has 1 aromatic rings. The van der Waals surface area contributed by atoms with E-state index in [1.54, 1.807) is 12.1 Å². The van der Waals surface area contributed by atoms with Gasteiger partial charge in [0.2, 0.25) is 0 Å². The topological polar surface area (TPSA) is 108 Å². The van der Waals surface area contributed by atoms with Crippen molar-refractivity contribution in [2.75, 3.05) is 19.8 Å². The normalized spacial score (nSPS) is 11.7. The first kappa shape index (κ1) is 16.8. The minimum Gasteiger partial charge on any atom is -0.508 e. The zero-order valence-corrected chi connectivity index (χ0v) is 11.8. The van der Waals surface area contributed by atoms with Gasteiger partial charge in [-0.05, 0) is 24.6 Å². The highest BCUT2D eigenvalue weighted by atomic mass is 16.5. The molecule has 7 nitrogen and oxygen atoms in total. The van der Waals surface area contributed by atoms with Gasteiger partial charge in [0.25, 0.3) is 0 Å². The van der Waals surface area contributed by atoms with Gasteiger partial charge in [0.05, 0.1) is 6.61 Å². The number of carboxylic acids is 1. The average Bonchev–Trinajstić information content (AvgIpc) is 2.45. The number of hydrogen-bond donors (Lipinski definition) is 4. The van der Waals surface area contributed by atoms with E-state index in [9.17, 15) is 14.7 Å². The number of benzene rings is 1. The van der Waals surface area contributed by atoms with E-state index in [2.05, 4.69) is 10.6 Å². The van der Waals surface area contributed by atoms with Crippen LogP contribution < -0.4 is 10.6 Å². The van der Waals surface area contributed by atoms with Crippen LogP contribution in [-0.2, 0) is 16.0 Å². The first-order valence-electron chi connectivity index (χ1n) is 6.65. The molecular formula is C14H20N2O5. The highest BCUT2D eigenvalue weighted by Gasteiger charge is 2.20. The van der Waals surface area contributed by atoms with Crippen molar-refractivity contribution in [3.05, 3.63) is 29.8 Å². The Kier molecular flexibility index (Phi) is 7.03. The summed E-state index contributed by atoms with van der Waals surface area (Å²) in [5.74, 6) is -1.02. The van der Waals surface area contributed by atoms with E-state index in [0.29, 0.717) is 25.3 Å². The minimum atomic E-state index is -1.12. The number of carbonyl (C=O) groups is 2. The molecule has 1 atom stereocenters. The van der Waals surface area contributed by atoms with Gasteiger partial charge in [0, 0.05) is 19.6 Å². The van der Waals surface area contributed by atoms with Gasteiger partial charge in [-0.3, -0.25) is 0 Å². The highest BCUT2D eigenvalue weighted by molar-refractivity contribution is 5.82. The van der Waals surface area contributed by atoms with Gasteiger partial charge in [-0.1, -0.05) is 12.1 Å². The van der Waals surface area contributed by atoms with Crippen LogP contribution in [-0.4, -0.2) is 48.0 Å². The molecule has 1 aromatic carbocycles. The summed E-state index contributed by atoms with van der Waals surface area (Å²) in [5.41, 5.74) is 0.704. The molecule has 0 fully saturated rings. The second kappa shape index (κ2) is 8.80. The number of hydrogen-bond acceptors (Lipinski definition) is 4. The first-order valence-corrected chi connectivity index (χ1v) is 6.65. The predicted octanol–water partition coefficient (Wildman–Crippen LogP) is 0.724. The molecule has 0 aliphatic heterocycles. The molecule has 0 radical (unpaired) electrons. The van der Waals surface area contributed by atoms with Crippen molar-refractivity contribution in [1.29, 1.82) is 0 Å². The monoisotopic (exact) mass is 296 g/mol. The van der Waals surface area contributed by atoms with Gasteiger partial charge in [0.1, 0.15) is 11.8 Å². The van der Waals surface area contributed by atoms with Crippen LogP contribution in [0, 0.1) is 0 Å². The van der Waals surface area contributed by atoms with Crippen molar-refractivity contribution in [1.82, 2.24) is 10.6 Å². The first-order chi connectivity index (χ1) is 10.0. The largest absolute Gasteiger partial charge is 0.508 e. The van der Waals surface area contributed by atoms with E-state index in [1.807, 2.05) is 6.92 Å². The smallest absolute Gasteiger partial charge is 0.326 e. The maximum absolute atomic E-state index is 11.6. The van der Waals surface area contributed by atoms with Crippen LogP contribution >= 0.6 is 0 Å². The molecule has 0 saturated carbocycles. The summed E-state index contributed by atoms with van der Waals surface area (Å²) in [7, 11) is 0. The fraction of sp³-hybridized carbons (Fsp3) is 0.429. The molecule has 0 heterocycles. The van der Waals surface area contributed by atoms with Gasteiger partial charge >= 0.3 is 12.0 Å². The Bertz CT molecular complexity index is 461. The van der Waals surface area contributed by atoms with E-state index < -0.39 is 18.0 Å². The number of aliphatic carboxylic acids is 1. The molecule has 1 unspecified atom stereocenters. The molecule has 0 saturated heterocycles. The lowest BCUT2D eigenvalue weighted by molar-refractivity contribution is -0.139. The lowest BCUT2D eigenvalue weighted by atomic mass is 10.1. The number of rotatable bonds is 8. The molecule has 7 heteroatoms. The maximum atomic E-state index is 11.6. The number of amides is 2. The van der Waals surface area contributed by atoms with Crippen molar-refractivity contribution in [2.45, 2.75) is 19.4 Å². The lowest BCUT2D eigenvalue weighted by Gasteiger charge is -2.15. The fourth-order valence-corrected chi connectivity index (χ4v) is 1.66. The number of phenols is 1. The van der Waals surface area contributed by atoms with E-state index >= 15 is 0 Å². The van der Waals surface area contributed by atoms with Gasteiger partial charge in [0.15, 0.2) is 0 Å². The Labute approximate surface area is 122 Å². The van der Waals surface area contributed by atoms with Gasteiger partial charge < -0.3 is 25.6 Å². The number of ether oxygens (including phenoxy) is 1. The van der Waals surface area contributed by atoms with Crippen LogP contribution in [0.25, 0.3) is 0 Å². The zero-order chi connectivity index (χ0) is 15.7. The number of phenolic OH excluding ortho intramolecular Hbond substituents is 1. The Balaban J connectivity index is 2.48. The van der Waals surface area contributed by atoms with E-state index in [0.717, 1.165) is 0 Å². The number of carbonyl (C=O) groups excluding carboxylic acids is 1. The minimum absolute atomic E-state index is 0.104. The second-order valence-corrected chi connectivity index (χ2v) is 4.36. The van der Waals surface area contributed by atoms with Crippen LogP contribution in [0.2, 0.25) is 0 Å². The lowest BCUT2D eigenvalue weighted by Crippen LogP contribution is -2.47. The third kappa shape index (κ3) is 6.62. The number of aromatic hydroxyl groups is 1. The summed E-state index contributed by atoms with van der Waals surface area (Å²) in [6, 6.07) is 4.56. The Morgan fingerprint density at radius 1 is 1.29 bits per heavy atom. The Morgan fingerprint density at radius 3 is 2.52 bits per heavy atom. The summed E-state index contributed by atoms with van der Waals surface area (Å²) >= 11 is 0. The van der Waals surface area contributed by atoms with Crippen LogP contribution in [0.1, 0.15) is 12.5 Å². The van der Waals surface area contributed by atoms with Crippen molar-refractivity contribution in [2.24, 2.45) is 0 Å². The third-order valence-corrected chi connectivity index (χ3v) is 2.72. The van der Waals surface area contributed by atoms with Crippen molar-refractivity contribution in [3.63, 3.8) is 0 Å².